The smallest absolute Gasteiger partial charge is 0.212 e. The lowest BCUT2D eigenvalue weighted by Crippen LogP contribution is -2.19. The van der Waals surface area contributed by atoms with Crippen molar-refractivity contribution in [2.45, 2.75) is 26.7 Å². The van der Waals surface area contributed by atoms with E-state index >= 15 is 0 Å². The van der Waals surface area contributed by atoms with Crippen molar-refractivity contribution < 1.29 is 9.59 Å². The zero-order valence-electron chi connectivity index (χ0n) is 6.89. The van der Waals surface area contributed by atoms with Gasteiger partial charge >= 0.3 is 0 Å². The molecule has 0 saturated carbocycles. The van der Waals surface area contributed by atoms with Crippen molar-refractivity contribution in [3.8, 4) is 12.3 Å². The van der Waals surface area contributed by atoms with Crippen molar-refractivity contribution in [2.24, 2.45) is 5.92 Å². The molecule has 0 aromatic heterocycles. The van der Waals surface area contributed by atoms with E-state index in [-0.39, 0.29) is 0 Å². The molecule has 0 aliphatic carbocycles. The van der Waals surface area contributed by atoms with E-state index in [1.54, 1.807) is 0 Å². The Balaban J connectivity index is 4.17. The summed E-state index contributed by atoms with van der Waals surface area (Å²) in [5.41, 5.74) is 0. The maximum Gasteiger partial charge on any atom is 0.212 e. The minimum absolute atomic E-state index is 0.436. The molecular formula is C9H12O2. The van der Waals surface area contributed by atoms with Crippen molar-refractivity contribution in [3.63, 3.8) is 0 Å². The molecule has 0 fully saturated rings. The van der Waals surface area contributed by atoms with Crippen LogP contribution in [0.5, 0.6) is 0 Å². The second-order valence-electron chi connectivity index (χ2n) is 2.43. The molecule has 2 nitrogen and oxygen atoms in total. The van der Waals surface area contributed by atoms with Gasteiger partial charge in [-0.05, 0) is 6.42 Å². The maximum absolute atomic E-state index is 11.0. The standard InChI is InChI=1S/C9H12O2/c1-4-6-8(5-2)9(11)7(3)10/h2,8H,4,6H2,1,3H3. The van der Waals surface area contributed by atoms with Crippen molar-refractivity contribution in [1.29, 1.82) is 0 Å². The average molecular weight is 152 g/mol. The molecule has 0 heterocycles. The van der Waals surface area contributed by atoms with Crippen LogP contribution in [0.2, 0.25) is 0 Å². The molecule has 1 unspecified atom stereocenters. The monoisotopic (exact) mass is 152 g/mol. The maximum atomic E-state index is 11.0. The van der Waals surface area contributed by atoms with Gasteiger partial charge < -0.3 is 0 Å². The predicted octanol–water partition coefficient (Wildman–Crippen LogP) is 1.19. The van der Waals surface area contributed by atoms with Crippen molar-refractivity contribution in [3.05, 3.63) is 0 Å². The third-order valence-electron chi connectivity index (χ3n) is 1.44. The van der Waals surface area contributed by atoms with Crippen LogP contribution in [-0.2, 0) is 9.59 Å². The zero-order chi connectivity index (χ0) is 8.85. The van der Waals surface area contributed by atoms with Crippen LogP contribution >= 0.6 is 0 Å². The van der Waals surface area contributed by atoms with E-state index in [1.807, 2.05) is 6.92 Å². The highest BCUT2D eigenvalue weighted by molar-refractivity contribution is 6.37. The van der Waals surface area contributed by atoms with Gasteiger partial charge in [-0.3, -0.25) is 9.59 Å². The average Bonchev–Trinajstić information content (AvgIpc) is 1.98. The molecule has 0 radical (unpaired) electrons. The Hall–Kier alpha value is -1.10. The highest BCUT2D eigenvalue weighted by Crippen LogP contribution is 2.06. The molecule has 60 valence electrons. The largest absolute Gasteiger partial charge is 0.291 e. The first-order valence-corrected chi connectivity index (χ1v) is 3.64. The quantitative estimate of drug-likeness (QED) is 0.448. The molecule has 2 heteroatoms. The Morgan fingerprint density at radius 3 is 2.36 bits per heavy atom. The van der Waals surface area contributed by atoms with Gasteiger partial charge in [0.05, 0.1) is 5.92 Å². The fraction of sp³-hybridized carbons (Fsp3) is 0.556. The summed E-state index contributed by atoms with van der Waals surface area (Å²) in [6.45, 7) is 3.18. The van der Waals surface area contributed by atoms with E-state index in [1.165, 1.54) is 6.92 Å². The van der Waals surface area contributed by atoms with E-state index in [2.05, 4.69) is 5.92 Å². The van der Waals surface area contributed by atoms with E-state index in [0.717, 1.165) is 6.42 Å². The normalized spacial score (nSPS) is 11.7. The second-order valence-corrected chi connectivity index (χ2v) is 2.43. The summed E-state index contributed by atoms with van der Waals surface area (Å²) in [5.74, 6) is 0.932. The summed E-state index contributed by atoms with van der Waals surface area (Å²) < 4.78 is 0. The van der Waals surface area contributed by atoms with Crippen LogP contribution in [-0.4, -0.2) is 11.6 Å². The molecule has 0 aromatic rings. The number of terminal acetylenes is 1. The molecule has 0 saturated heterocycles. The van der Waals surface area contributed by atoms with Crippen LogP contribution in [0.15, 0.2) is 0 Å². The van der Waals surface area contributed by atoms with Crippen LogP contribution in [0.4, 0.5) is 0 Å². The highest BCUT2D eigenvalue weighted by Gasteiger charge is 2.18. The summed E-state index contributed by atoms with van der Waals surface area (Å²) >= 11 is 0. The van der Waals surface area contributed by atoms with Crippen LogP contribution < -0.4 is 0 Å². The van der Waals surface area contributed by atoms with Gasteiger partial charge in [0.1, 0.15) is 0 Å². The van der Waals surface area contributed by atoms with Crippen molar-refractivity contribution >= 4 is 11.6 Å². The van der Waals surface area contributed by atoms with E-state index in [9.17, 15) is 9.59 Å². The minimum atomic E-state index is -0.502. The predicted molar refractivity (Wildman–Crippen MR) is 42.9 cm³/mol. The number of ketones is 2. The Labute approximate surface area is 67.0 Å². The lowest BCUT2D eigenvalue weighted by Gasteiger charge is -2.03. The van der Waals surface area contributed by atoms with E-state index in [4.69, 9.17) is 6.42 Å². The molecule has 0 rings (SSSR count). The first kappa shape index (κ1) is 9.90. The number of hydrogen-bond donors (Lipinski definition) is 0. The van der Waals surface area contributed by atoms with Gasteiger partial charge in [0, 0.05) is 6.92 Å². The molecule has 0 spiro atoms. The molecule has 0 aromatic carbocycles. The Morgan fingerprint density at radius 2 is 2.09 bits per heavy atom. The SMILES string of the molecule is C#CC(CCC)C(=O)C(C)=O. The summed E-state index contributed by atoms with van der Waals surface area (Å²) in [7, 11) is 0. The van der Waals surface area contributed by atoms with Gasteiger partial charge in [0.2, 0.25) is 5.78 Å². The Kier molecular flexibility index (Phi) is 4.21. The lowest BCUT2D eigenvalue weighted by molar-refractivity contribution is -0.136. The number of carbonyl (C=O) groups excluding carboxylic acids is 2. The van der Waals surface area contributed by atoms with Gasteiger partial charge in [-0.2, -0.15) is 0 Å². The van der Waals surface area contributed by atoms with Crippen LogP contribution in [0.1, 0.15) is 26.7 Å². The molecule has 1 atom stereocenters. The fourth-order valence-corrected chi connectivity index (χ4v) is 0.824. The zero-order valence-corrected chi connectivity index (χ0v) is 6.89. The number of Topliss-reactive ketones (excluding diaryl/α,β-unsaturated/α-hetero) is 2. The number of hydrogen-bond acceptors (Lipinski definition) is 2. The third-order valence-corrected chi connectivity index (χ3v) is 1.44. The lowest BCUT2D eigenvalue weighted by atomic mass is 9.97. The van der Waals surface area contributed by atoms with Crippen LogP contribution in [0.25, 0.3) is 0 Å². The Morgan fingerprint density at radius 1 is 1.55 bits per heavy atom. The highest BCUT2D eigenvalue weighted by atomic mass is 16.2. The fourth-order valence-electron chi connectivity index (χ4n) is 0.824. The van der Waals surface area contributed by atoms with E-state index in [0.29, 0.717) is 6.42 Å². The first-order chi connectivity index (χ1) is 5.13. The van der Waals surface area contributed by atoms with Gasteiger partial charge in [-0.25, -0.2) is 0 Å². The van der Waals surface area contributed by atoms with Gasteiger partial charge in [-0.15, -0.1) is 6.42 Å². The summed E-state index contributed by atoms with van der Waals surface area (Å²) in [5, 5.41) is 0. The molecule has 0 aliphatic rings. The molecule has 0 amide bonds. The summed E-state index contributed by atoms with van der Waals surface area (Å²) in [4.78, 5) is 21.5. The van der Waals surface area contributed by atoms with Gasteiger partial charge in [0.15, 0.2) is 5.78 Å². The Bertz CT molecular complexity index is 198. The van der Waals surface area contributed by atoms with Gasteiger partial charge in [-0.1, -0.05) is 19.3 Å². The second kappa shape index (κ2) is 4.68. The summed E-state index contributed by atoms with van der Waals surface area (Å²) in [6.07, 6.45) is 6.51. The van der Waals surface area contributed by atoms with Crippen LogP contribution in [0.3, 0.4) is 0 Å². The van der Waals surface area contributed by atoms with E-state index < -0.39 is 17.5 Å². The number of carbonyl (C=O) groups is 2. The van der Waals surface area contributed by atoms with Crippen molar-refractivity contribution in [2.75, 3.05) is 0 Å². The van der Waals surface area contributed by atoms with Crippen molar-refractivity contribution in [1.82, 2.24) is 0 Å². The molecule has 11 heavy (non-hydrogen) atoms. The molecule has 0 N–H and O–H groups in total. The van der Waals surface area contributed by atoms with Crippen LogP contribution in [0, 0.1) is 18.3 Å². The molecule has 0 bridgehead atoms. The molecular weight excluding hydrogens is 140 g/mol. The first-order valence-electron chi connectivity index (χ1n) is 3.64. The summed E-state index contributed by atoms with van der Waals surface area (Å²) in [6, 6.07) is 0. The number of rotatable bonds is 4. The minimum Gasteiger partial charge on any atom is -0.291 e. The third kappa shape index (κ3) is 2.99. The van der Waals surface area contributed by atoms with Gasteiger partial charge in [0.25, 0.3) is 0 Å². The topological polar surface area (TPSA) is 34.1 Å². The molecule has 0 aliphatic heterocycles.